The second-order valence-corrected chi connectivity index (χ2v) is 5.63. The molecule has 1 aliphatic rings. The molecule has 1 saturated heterocycles. The van der Waals surface area contributed by atoms with Crippen LogP contribution in [0.4, 0.5) is 4.79 Å². The Kier molecular flexibility index (Phi) is 6.23. The summed E-state index contributed by atoms with van der Waals surface area (Å²) in [6.07, 6.45) is 1.59. The molecule has 130 valence electrons. The number of para-hydroxylation sites is 1. The number of carbonyl (C=O) groups is 2. The third kappa shape index (κ3) is 4.07. The number of carbonyl (C=O) groups excluding carboxylic acids is 2. The minimum atomic E-state index is -0.708. The molecule has 0 bridgehead atoms. The maximum Gasteiger partial charge on any atom is 0.319 e. The van der Waals surface area contributed by atoms with Crippen molar-refractivity contribution in [1.82, 2.24) is 10.6 Å². The van der Waals surface area contributed by atoms with Crippen molar-refractivity contribution in [3.63, 3.8) is 0 Å². The third-order valence-electron chi connectivity index (χ3n) is 3.69. The van der Waals surface area contributed by atoms with Crippen LogP contribution in [0.2, 0.25) is 0 Å². The summed E-state index contributed by atoms with van der Waals surface area (Å²) in [5, 5.41) is 5.36. The maximum absolute atomic E-state index is 12.5. The van der Waals surface area contributed by atoms with Crippen molar-refractivity contribution in [3.8, 4) is 5.75 Å². The first kappa shape index (κ1) is 17.8. The Morgan fingerprint density at radius 2 is 1.92 bits per heavy atom. The van der Waals surface area contributed by atoms with Gasteiger partial charge < -0.3 is 20.1 Å². The molecule has 6 heteroatoms. The largest absolute Gasteiger partial charge is 0.493 e. The smallest absolute Gasteiger partial charge is 0.319 e. The van der Waals surface area contributed by atoms with Gasteiger partial charge in [-0.3, -0.25) is 4.79 Å². The van der Waals surface area contributed by atoms with Gasteiger partial charge in [-0.05, 0) is 18.9 Å². The molecule has 0 spiro atoms. The molecule has 1 heterocycles. The highest BCUT2D eigenvalue weighted by Crippen LogP contribution is 2.35. The number of nitrogens with one attached hydrogen (secondary N) is 2. The summed E-state index contributed by atoms with van der Waals surface area (Å²) < 4.78 is 11.0. The van der Waals surface area contributed by atoms with Gasteiger partial charge >= 0.3 is 12.0 Å². The van der Waals surface area contributed by atoms with E-state index in [1.54, 1.807) is 0 Å². The molecule has 1 fully saturated rings. The lowest BCUT2D eigenvalue weighted by Crippen LogP contribution is -2.51. The molecule has 2 amide bonds. The lowest BCUT2D eigenvalue weighted by Gasteiger charge is -2.34. The van der Waals surface area contributed by atoms with Gasteiger partial charge in [0, 0.05) is 11.3 Å². The van der Waals surface area contributed by atoms with Gasteiger partial charge in [0.1, 0.15) is 11.7 Å². The Morgan fingerprint density at radius 3 is 2.62 bits per heavy atom. The molecule has 1 aromatic carbocycles. The van der Waals surface area contributed by atoms with Crippen LogP contribution in [0.5, 0.6) is 5.75 Å². The van der Waals surface area contributed by atoms with Crippen molar-refractivity contribution in [2.75, 3.05) is 13.2 Å². The molecule has 24 heavy (non-hydrogen) atoms. The van der Waals surface area contributed by atoms with Crippen LogP contribution in [-0.2, 0) is 9.53 Å². The minimum absolute atomic E-state index is 0.329. The highest BCUT2D eigenvalue weighted by molar-refractivity contribution is 5.85. The molecule has 1 aliphatic heterocycles. The molecule has 6 nitrogen and oxygen atoms in total. The average molecular weight is 332 g/mol. The monoisotopic (exact) mass is 332 g/mol. The fourth-order valence-electron chi connectivity index (χ4n) is 2.59. The lowest BCUT2D eigenvalue weighted by atomic mass is 9.88. The van der Waals surface area contributed by atoms with E-state index in [2.05, 4.69) is 17.2 Å². The lowest BCUT2D eigenvalue weighted by molar-refractivity contribution is -0.148. The molecule has 0 saturated carbocycles. The second-order valence-electron chi connectivity index (χ2n) is 5.63. The molecule has 2 N–H and O–H groups in total. The van der Waals surface area contributed by atoms with E-state index in [4.69, 9.17) is 9.47 Å². The summed E-state index contributed by atoms with van der Waals surface area (Å²) >= 11 is 0. The summed E-state index contributed by atoms with van der Waals surface area (Å²) in [6.45, 7) is 8.66. The van der Waals surface area contributed by atoms with Crippen LogP contribution in [0, 0.1) is 5.92 Å². The van der Waals surface area contributed by atoms with Crippen molar-refractivity contribution in [1.29, 1.82) is 0 Å². The first-order chi connectivity index (χ1) is 11.6. The molecule has 0 aliphatic carbocycles. The predicted molar refractivity (Wildman–Crippen MR) is 90.5 cm³/mol. The maximum atomic E-state index is 12.5. The number of hydrogen-bond acceptors (Lipinski definition) is 4. The highest BCUT2D eigenvalue weighted by Gasteiger charge is 2.40. The number of amides is 2. The molecule has 2 rings (SSSR count). The topological polar surface area (TPSA) is 76.7 Å². The first-order valence-electron chi connectivity index (χ1n) is 8.23. The summed E-state index contributed by atoms with van der Waals surface area (Å²) in [6, 6.07) is 6.40. The summed E-state index contributed by atoms with van der Waals surface area (Å²) in [7, 11) is 0. The van der Waals surface area contributed by atoms with Crippen LogP contribution < -0.4 is 15.4 Å². The standard InChI is InChI=1S/C18H24N2O4/c1-4-10-23-14-9-7-6-8-13(14)16-15(17(21)24-11-5-2)12(3)19-18(22)20-16/h6-9,15-16H,3-5,10-11H2,1-2H3,(H2,19,20,22)/t15-,16+/m1/s1. The zero-order valence-electron chi connectivity index (χ0n) is 14.1. The van der Waals surface area contributed by atoms with Gasteiger partial charge in [-0.2, -0.15) is 0 Å². The number of urea groups is 1. The molecular weight excluding hydrogens is 308 g/mol. The Hall–Kier alpha value is -2.50. The summed E-state index contributed by atoms with van der Waals surface area (Å²) in [5.74, 6) is -0.474. The van der Waals surface area contributed by atoms with Crippen LogP contribution in [-0.4, -0.2) is 25.2 Å². The SMILES string of the molecule is C=C1NC(=O)N[C@@H](c2ccccc2OCCC)[C@@H]1C(=O)OCCC. The fourth-order valence-corrected chi connectivity index (χ4v) is 2.59. The molecular formula is C18H24N2O4. The van der Waals surface area contributed by atoms with E-state index in [1.807, 2.05) is 38.1 Å². The van der Waals surface area contributed by atoms with Crippen LogP contribution in [0.1, 0.15) is 38.3 Å². The molecule has 2 atom stereocenters. The number of rotatable bonds is 7. The number of benzene rings is 1. The Morgan fingerprint density at radius 1 is 1.21 bits per heavy atom. The molecule has 0 radical (unpaired) electrons. The molecule has 1 aromatic rings. The minimum Gasteiger partial charge on any atom is -0.493 e. The van der Waals surface area contributed by atoms with Crippen LogP contribution in [0.25, 0.3) is 0 Å². The van der Waals surface area contributed by atoms with Gasteiger partial charge in [0.25, 0.3) is 0 Å². The van der Waals surface area contributed by atoms with E-state index in [0.29, 0.717) is 24.7 Å². The second kappa shape index (κ2) is 8.38. The Bertz CT molecular complexity index is 615. The Labute approximate surface area is 142 Å². The summed E-state index contributed by atoms with van der Waals surface area (Å²) in [4.78, 5) is 24.4. The fraction of sp³-hybridized carbons (Fsp3) is 0.444. The van der Waals surface area contributed by atoms with Crippen LogP contribution in [0.3, 0.4) is 0 Å². The van der Waals surface area contributed by atoms with Crippen molar-refractivity contribution in [2.24, 2.45) is 5.92 Å². The normalized spacial score (nSPS) is 20.1. The van der Waals surface area contributed by atoms with Crippen molar-refractivity contribution in [2.45, 2.75) is 32.7 Å². The summed E-state index contributed by atoms with van der Waals surface area (Å²) in [5.41, 5.74) is 1.07. The van der Waals surface area contributed by atoms with Crippen LogP contribution >= 0.6 is 0 Å². The quantitative estimate of drug-likeness (QED) is 0.753. The zero-order chi connectivity index (χ0) is 17.5. The van der Waals surface area contributed by atoms with E-state index in [-0.39, 0.29) is 0 Å². The molecule has 0 aromatic heterocycles. The van der Waals surface area contributed by atoms with Gasteiger partial charge in [0.2, 0.25) is 0 Å². The van der Waals surface area contributed by atoms with E-state index in [9.17, 15) is 9.59 Å². The average Bonchev–Trinajstić information content (AvgIpc) is 2.57. The van der Waals surface area contributed by atoms with Gasteiger partial charge in [-0.25, -0.2) is 4.79 Å². The van der Waals surface area contributed by atoms with E-state index in [1.165, 1.54) is 0 Å². The first-order valence-corrected chi connectivity index (χ1v) is 8.23. The van der Waals surface area contributed by atoms with Crippen LogP contribution in [0.15, 0.2) is 36.5 Å². The number of hydrogen-bond donors (Lipinski definition) is 2. The predicted octanol–water partition coefficient (Wildman–Crippen LogP) is 2.91. The van der Waals surface area contributed by atoms with E-state index >= 15 is 0 Å². The number of esters is 1. The zero-order valence-corrected chi connectivity index (χ0v) is 14.1. The van der Waals surface area contributed by atoms with Gasteiger partial charge in [-0.1, -0.05) is 38.6 Å². The van der Waals surface area contributed by atoms with E-state index < -0.39 is 24.0 Å². The Balaban J connectivity index is 2.34. The van der Waals surface area contributed by atoms with Crippen molar-refractivity contribution < 1.29 is 19.1 Å². The van der Waals surface area contributed by atoms with Crippen molar-refractivity contribution in [3.05, 3.63) is 42.1 Å². The van der Waals surface area contributed by atoms with Gasteiger partial charge in [0.15, 0.2) is 0 Å². The molecule has 0 unspecified atom stereocenters. The van der Waals surface area contributed by atoms with Crippen molar-refractivity contribution >= 4 is 12.0 Å². The van der Waals surface area contributed by atoms with Gasteiger partial charge in [-0.15, -0.1) is 0 Å². The highest BCUT2D eigenvalue weighted by atomic mass is 16.5. The third-order valence-corrected chi connectivity index (χ3v) is 3.69. The van der Waals surface area contributed by atoms with E-state index in [0.717, 1.165) is 18.4 Å². The van der Waals surface area contributed by atoms with Gasteiger partial charge in [0.05, 0.1) is 19.3 Å². The number of ether oxygens (including phenoxy) is 2.